The Labute approximate surface area is 130 Å². The largest absolute Gasteiger partial charge is 0.310 e. The van der Waals surface area contributed by atoms with Crippen molar-refractivity contribution in [1.82, 2.24) is 5.32 Å². The zero-order chi connectivity index (χ0) is 15.4. The van der Waals surface area contributed by atoms with Gasteiger partial charge in [-0.25, -0.2) is 13.2 Å². The van der Waals surface area contributed by atoms with E-state index < -0.39 is 17.7 Å². The molecule has 0 fully saturated rings. The summed E-state index contributed by atoms with van der Waals surface area (Å²) in [6.07, 6.45) is 0.236. The predicted octanol–water partition coefficient (Wildman–Crippen LogP) is 4.76. The van der Waals surface area contributed by atoms with Gasteiger partial charge in [0, 0.05) is 16.1 Å². The van der Waals surface area contributed by atoms with Gasteiger partial charge in [0.15, 0.2) is 0 Å². The molecule has 0 heterocycles. The molecule has 1 unspecified atom stereocenters. The Morgan fingerprint density at radius 2 is 1.76 bits per heavy atom. The lowest BCUT2D eigenvalue weighted by Crippen LogP contribution is -2.24. The van der Waals surface area contributed by atoms with Crippen molar-refractivity contribution in [2.24, 2.45) is 0 Å². The van der Waals surface area contributed by atoms with Gasteiger partial charge in [0.1, 0.15) is 17.5 Å². The highest BCUT2D eigenvalue weighted by atomic mass is 79.9. The minimum absolute atomic E-state index is 0.205. The second-order valence-corrected chi connectivity index (χ2v) is 5.63. The van der Waals surface area contributed by atoms with E-state index in [-0.39, 0.29) is 17.8 Å². The van der Waals surface area contributed by atoms with Crippen LogP contribution in [0, 0.1) is 17.5 Å². The Hall–Kier alpha value is -1.33. The molecule has 0 spiro atoms. The van der Waals surface area contributed by atoms with Crippen LogP contribution in [0.15, 0.2) is 40.9 Å². The molecule has 0 aliphatic carbocycles. The van der Waals surface area contributed by atoms with Crippen LogP contribution >= 0.6 is 15.9 Å². The summed E-state index contributed by atoms with van der Waals surface area (Å²) < 4.78 is 41.9. The smallest absolute Gasteiger partial charge is 0.128 e. The van der Waals surface area contributed by atoms with Crippen molar-refractivity contribution < 1.29 is 13.2 Å². The lowest BCUT2D eigenvalue weighted by Gasteiger charge is -2.19. The number of halogens is 4. The molecule has 5 heteroatoms. The first-order chi connectivity index (χ1) is 10.0. The van der Waals surface area contributed by atoms with Gasteiger partial charge in [-0.05, 0) is 54.9 Å². The van der Waals surface area contributed by atoms with Crippen LogP contribution in [-0.2, 0) is 6.42 Å². The third kappa shape index (κ3) is 4.08. The van der Waals surface area contributed by atoms with Crippen LogP contribution in [-0.4, -0.2) is 6.54 Å². The fourth-order valence-corrected chi connectivity index (χ4v) is 2.65. The van der Waals surface area contributed by atoms with E-state index in [1.807, 2.05) is 6.92 Å². The van der Waals surface area contributed by atoms with E-state index in [0.29, 0.717) is 12.1 Å². The Bertz CT molecular complexity index is 631. The molecule has 0 aliphatic rings. The first kappa shape index (κ1) is 16.0. The fourth-order valence-electron chi connectivity index (χ4n) is 2.24. The lowest BCUT2D eigenvalue weighted by atomic mass is 9.98. The van der Waals surface area contributed by atoms with Crippen molar-refractivity contribution in [1.29, 1.82) is 0 Å². The van der Waals surface area contributed by atoms with Crippen LogP contribution in [0.1, 0.15) is 24.1 Å². The first-order valence-electron chi connectivity index (χ1n) is 6.63. The summed E-state index contributed by atoms with van der Waals surface area (Å²) in [5.74, 6) is -1.38. The van der Waals surface area contributed by atoms with Crippen LogP contribution < -0.4 is 5.32 Å². The molecule has 0 radical (unpaired) electrons. The second kappa shape index (κ2) is 7.09. The summed E-state index contributed by atoms with van der Waals surface area (Å²) in [4.78, 5) is 0. The Balaban J connectivity index is 2.35. The quantitative estimate of drug-likeness (QED) is 0.813. The summed E-state index contributed by atoms with van der Waals surface area (Å²) >= 11 is 3.29. The van der Waals surface area contributed by atoms with E-state index in [9.17, 15) is 13.2 Å². The molecule has 1 atom stereocenters. The van der Waals surface area contributed by atoms with E-state index in [1.54, 1.807) is 12.1 Å². The highest BCUT2D eigenvalue weighted by Gasteiger charge is 2.18. The number of hydrogen-bond donors (Lipinski definition) is 1. The maximum absolute atomic E-state index is 13.9. The van der Waals surface area contributed by atoms with E-state index in [4.69, 9.17) is 0 Å². The van der Waals surface area contributed by atoms with Gasteiger partial charge in [-0.3, -0.25) is 0 Å². The highest BCUT2D eigenvalue weighted by molar-refractivity contribution is 9.10. The van der Waals surface area contributed by atoms with Gasteiger partial charge in [0.25, 0.3) is 0 Å². The predicted molar refractivity (Wildman–Crippen MR) is 80.6 cm³/mol. The summed E-state index contributed by atoms with van der Waals surface area (Å²) in [7, 11) is 0. The summed E-state index contributed by atoms with van der Waals surface area (Å²) in [5, 5.41) is 3.07. The number of benzene rings is 2. The molecule has 0 aliphatic heterocycles. The van der Waals surface area contributed by atoms with Crippen molar-refractivity contribution in [3.63, 3.8) is 0 Å². The third-order valence-corrected chi connectivity index (χ3v) is 3.71. The Morgan fingerprint density at radius 3 is 2.48 bits per heavy atom. The minimum atomic E-state index is -0.510. The van der Waals surface area contributed by atoms with Crippen LogP contribution in [0.3, 0.4) is 0 Å². The molecular formula is C16H15BrF3N. The van der Waals surface area contributed by atoms with Gasteiger partial charge in [-0.2, -0.15) is 0 Å². The van der Waals surface area contributed by atoms with Crippen LogP contribution in [0.5, 0.6) is 0 Å². The van der Waals surface area contributed by atoms with Crippen molar-refractivity contribution in [3.05, 3.63) is 69.4 Å². The van der Waals surface area contributed by atoms with Crippen molar-refractivity contribution in [3.8, 4) is 0 Å². The average molecular weight is 358 g/mol. The molecule has 1 nitrogen and oxygen atoms in total. The maximum atomic E-state index is 13.9. The lowest BCUT2D eigenvalue weighted by molar-refractivity contribution is 0.492. The zero-order valence-corrected chi connectivity index (χ0v) is 13.1. The molecule has 1 N–H and O–H groups in total. The minimum Gasteiger partial charge on any atom is -0.310 e. The fraction of sp³-hybridized carbons (Fsp3) is 0.250. The Kier molecular flexibility index (Phi) is 5.42. The summed E-state index contributed by atoms with van der Waals surface area (Å²) in [6, 6.07) is 7.42. The number of nitrogens with one attached hydrogen (secondary N) is 1. The van der Waals surface area contributed by atoms with E-state index in [1.165, 1.54) is 6.07 Å². The molecule has 2 aromatic carbocycles. The van der Waals surface area contributed by atoms with Gasteiger partial charge in [0.05, 0.1) is 0 Å². The molecule has 0 saturated heterocycles. The highest BCUT2D eigenvalue weighted by Crippen LogP contribution is 2.25. The third-order valence-electron chi connectivity index (χ3n) is 3.22. The SMILES string of the molecule is CCNC(Cc1cc(Br)ccc1F)c1cc(F)ccc1F. The van der Waals surface area contributed by atoms with E-state index in [2.05, 4.69) is 21.2 Å². The Morgan fingerprint density at radius 1 is 1.05 bits per heavy atom. The van der Waals surface area contributed by atoms with Crippen molar-refractivity contribution >= 4 is 15.9 Å². The van der Waals surface area contributed by atoms with Gasteiger partial charge in [0.2, 0.25) is 0 Å². The average Bonchev–Trinajstić information content (AvgIpc) is 2.45. The molecule has 21 heavy (non-hydrogen) atoms. The summed E-state index contributed by atoms with van der Waals surface area (Å²) in [6.45, 7) is 2.43. The summed E-state index contributed by atoms with van der Waals surface area (Å²) in [5.41, 5.74) is 0.648. The first-order valence-corrected chi connectivity index (χ1v) is 7.42. The maximum Gasteiger partial charge on any atom is 0.128 e. The normalized spacial score (nSPS) is 12.4. The molecule has 2 rings (SSSR count). The molecule has 112 valence electrons. The van der Waals surface area contributed by atoms with Crippen LogP contribution in [0.2, 0.25) is 0 Å². The molecule has 0 bridgehead atoms. The van der Waals surface area contributed by atoms with Gasteiger partial charge >= 0.3 is 0 Å². The van der Waals surface area contributed by atoms with Gasteiger partial charge in [-0.15, -0.1) is 0 Å². The van der Waals surface area contributed by atoms with Crippen molar-refractivity contribution in [2.45, 2.75) is 19.4 Å². The second-order valence-electron chi connectivity index (χ2n) is 4.72. The van der Waals surface area contributed by atoms with Gasteiger partial charge < -0.3 is 5.32 Å². The molecule has 0 amide bonds. The zero-order valence-electron chi connectivity index (χ0n) is 11.5. The number of rotatable bonds is 5. The molecule has 0 aromatic heterocycles. The molecule has 2 aromatic rings. The number of hydrogen-bond acceptors (Lipinski definition) is 1. The standard InChI is InChI=1S/C16H15BrF3N/c1-2-21-16(13-9-12(18)4-6-15(13)20)8-10-7-11(17)3-5-14(10)19/h3-7,9,16,21H,2,8H2,1H3. The van der Waals surface area contributed by atoms with Gasteiger partial charge in [-0.1, -0.05) is 22.9 Å². The topological polar surface area (TPSA) is 12.0 Å². The van der Waals surface area contributed by atoms with E-state index >= 15 is 0 Å². The number of likely N-dealkylation sites (N-methyl/N-ethyl adjacent to an activating group) is 1. The molecule has 0 saturated carbocycles. The van der Waals surface area contributed by atoms with E-state index in [0.717, 1.165) is 22.7 Å². The monoisotopic (exact) mass is 357 g/mol. The van der Waals surface area contributed by atoms with Crippen molar-refractivity contribution in [2.75, 3.05) is 6.54 Å². The molecular weight excluding hydrogens is 343 g/mol. The van der Waals surface area contributed by atoms with Crippen LogP contribution in [0.4, 0.5) is 13.2 Å². The van der Waals surface area contributed by atoms with Crippen LogP contribution in [0.25, 0.3) is 0 Å².